The second kappa shape index (κ2) is 36.5. The lowest BCUT2D eigenvalue weighted by molar-refractivity contribution is -0.172. The molecule has 4 aliphatic heterocycles. The molecular formula is C61H85N9O21. The molecule has 91 heavy (non-hydrogen) atoms. The summed E-state index contributed by atoms with van der Waals surface area (Å²) >= 11 is 0. The molecule has 0 radical (unpaired) electrons. The van der Waals surface area contributed by atoms with Gasteiger partial charge in [-0.2, -0.15) is 0 Å². The van der Waals surface area contributed by atoms with E-state index in [-0.39, 0.29) is 101 Å². The molecule has 6 heterocycles. The summed E-state index contributed by atoms with van der Waals surface area (Å²) in [6.07, 6.45) is 3.58. The van der Waals surface area contributed by atoms with Crippen LogP contribution in [-0.4, -0.2) is 218 Å². The fraction of sp³-hybridized carbons (Fsp3) is 0.607. The van der Waals surface area contributed by atoms with Crippen molar-refractivity contribution in [2.45, 2.75) is 96.7 Å². The lowest BCUT2D eigenvalue weighted by atomic mass is 9.86. The highest BCUT2D eigenvalue weighted by atomic mass is 16.7. The lowest BCUT2D eigenvalue weighted by Gasteiger charge is -2.31. The Morgan fingerprint density at radius 2 is 1.25 bits per heavy atom. The summed E-state index contributed by atoms with van der Waals surface area (Å²) in [6, 6.07) is 2.99. The van der Waals surface area contributed by atoms with Crippen LogP contribution >= 0.6 is 0 Å². The Balaban J connectivity index is 0.712. The summed E-state index contributed by atoms with van der Waals surface area (Å²) in [4.78, 5) is 122. The van der Waals surface area contributed by atoms with Crippen molar-refractivity contribution in [2.75, 3.05) is 139 Å². The Hall–Kier alpha value is -7.52. The van der Waals surface area contributed by atoms with Crippen LogP contribution in [0.4, 0.5) is 0 Å². The number of rotatable bonds is 44. The van der Waals surface area contributed by atoms with E-state index in [0.29, 0.717) is 157 Å². The van der Waals surface area contributed by atoms with E-state index >= 15 is 0 Å². The van der Waals surface area contributed by atoms with Crippen LogP contribution in [0.25, 0.3) is 22.3 Å². The summed E-state index contributed by atoms with van der Waals surface area (Å²) in [5.41, 5.74) is 6.07. The van der Waals surface area contributed by atoms with Crippen molar-refractivity contribution in [2.24, 2.45) is 11.7 Å². The van der Waals surface area contributed by atoms with Crippen LogP contribution in [-0.2, 0) is 106 Å². The smallest absolute Gasteiger partial charge is 0.343 e. The van der Waals surface area contributed by atoms with Crippen molar-refractivity contribution >= 4 is 58.2 Å². The van der Waals surface area contributed by atoms with E-state index in [1.54, 1.807) is 39.0 Å². The number of imide groups is 1. The number of aromatic nitrogens is 2. The van der Waals surface area contributed by atoms with Gasteiger partial charge in [0.25, 0.3) is 17.4 Å². The minimum Gasteiger partial charge on any atom is -0.458 e. The molecule has 0 bridgehead atoms. The average Bonchev–Trinajstić information content (AvgIpc) is 1.62. The number of nitrogens with zero attached hydrogens (tertiary/aromatic N) is 3. The van der Waals surface area contributed by atoms with Crippen molar-refractivity contribution in [3.8, 4) is 22.9 Å². The minimum atomic E-state index is -2.03. The van der Waals surface area contributed by atoms with Crippen LogP contribution in [0.15, 0.2) is 35.1 Å². The van der Waals surface area contributed by atoms with E-state index in [9.17, 15) is 48.3 Å². The summed E-state index contributed by atoms with van der Waals surface area (Å²) in [7, 11) is 0. The van der Waals surface area contributed by atoms with Gasteiger partial charge in [0.2, 0.25) is 36.3 Å². The van der Waals surface area contributed by atoms with Gasteiger partial charge in [0, 0.05) is 67.2 Å². The zero-order valence-electron chi connectivity index (χ0n) is 51.9. The van der Waals surface area contributed by atoms with E-state index in [0.717, 1.165) is 4.90 Å². The highest BCUT2D eigenvalue weighted by Gasteiger charge is 2.46. The third-order valence-corrected chi connectivity index (χ3v) is 15.1. The number of esters is 1. The first-order valence-electron chi connectivity index (χ1n) is 30.7. The van der Waals surface area contributed by atoms with Gasteiger partial charge in [0.1, 0.15) is 18.7 Å². The molecule has 3 aromatic rings. The molecule has 8 N–H and O–H groups in total. The molecular weight excluding hydrogens is 1190 g/mol. The Morgan fingerprint density at radius 1 is 0.670 bits per heavy atom. The maximum absolute atomic E-state index is 14.0. The molecule has 30 nitrogen and oxygen atoms in total. The minimum absolute atomic E-state index is 0.00536. The van der Waals surface area contributed by atoms with Crippen molar-refractivity contribution < 1.29 is 95.6 Å². The number of nitrogens with two attached hydrogens (primary N) is 1. The number of hydrogen-bond acceptors (Lipinski definition) is 23. The predicted molar refractivity (Wildman–Crippen MR) is 322 cm³/mol. The molecule has 0 aliphatic carbocycles. The monoisotopic (exact) mass is 1280 g/mol. The first-order chi connectivity index (χ1) is 44.0. The summed E-state index contributed by atoms with van der Waals surface area (Å²) in [6.45, 7) is 10.4. The first kappa shape index (κ1) is 70.9. The van der Waals surface area contributed by atoms with Crippen molar-refractivity contribution in [1.82, 2.24) is 41.0 Å². The van der Waals surface area contributed by atoms with E-state index in [1.807, 2.05) is 0 Å². The normalized spacial score (nSPS) is 16.0. The quantitative estimate of drug-likeness (QED) is 0.0163. The van der Waals surface area contributed by atoms with Gasteiger partial charge in [0.05, 0.1) is 141 Å². The third-order valence-electron chi connectivity index (χ3n) is 15.1. The van der Waals surface area contributed by atoms with Crippen LogP contribution in [0.5, 0.6) is 11.5 Å². The molecule has 0 unspecified atom stereocenters. The van der Waals surface area contributed by atoms with Crippen LogP contribution < -0.4 is 47.4 Å². The molecule has 0 spiro atoms. The van der Waals surface area contributed by atoms with Crippen LogP contribution in [0.3, 0.4) is 0 Å². The highest BCUT2D eigenvalue weighted by molar-refractivity contribution is 6.13. The third kappa shape index (κ3) is 20.5. The number of carbonyl (C=O) groups excluding carboxylic acids is 8. The highest BCUT2D eigenvalue weighted by Crippen LogP contribution is 2.43. The van der Waals surface area contributed by atoms with Crippen LogP contribution in [0.2, 0.25) is 0 Å². The van der Waals surface area contributed by atoms with E-state index < -0.39 is 71.2 Å². The number of nitrogens with one attached hydrogen (secondary N) is 5. The molecule has 0 saturated carbocycles. The van der Waals surface area contributed by atoms with E-state index in [2.05, 4.69) is 26.6 Å². The fourth-order valence-electron chi connectivity index (χ4n) is 10.1. The molecule has 30 heteroatoms. The van der Waals surface area contributed by atoms with Gasteiger partial charge < -0.3 is 94.1 Å². The fourth-order valence-corrected chi connectivity index (χ4v) is 10.1. The SMILES string of the molecule is CC[C@@]1(O)C(=O)OCc2c1cc1n(c2=O)Cc2c-1nc1cc3c(cc1c2CNC(=O)CNC(=O)[C@H](CCCCN)NC(=O)[C@@H](NC(=O)CCOCCOCCOCCOCCOCCOCCOCCOCCNC(=O)CCN1C(=O)C=CC1=O)C(C)C)OCO3. The summed E-state index contributed by atoms with van der Waals surface area (Å²) < 4.78 is 62.1. The standard InChI is InChI=1S/C61H85N9O21/c1-4-61(80)44-32-47-56-42(36-70(47)59(78)43(44)37-89-60(61)79)41(40-31-48-49(91-38-90-48)33-46(40)66-56)34-64-52(73)35-65-57(76)45(7-5-6-12-62)67-58(77)55(39(2)3)68-51(72)11-15-81-17-19-83-21-23-85-25-27-87-29-30-88-28-26-86-24-22-84-20-18-82-16-13-63-50(71)10-14-69-53(74)8-9-54(69)75/h8-9,31-33,39,45,55,80H,4-7,10-30,34-38,62H2,1-3H3,(H,63,71)(H,64,73)(H,65,76)(H,67,77)(H,68,72)/t45-,55-,61-/m0/s1. The number of aliphatic hydroxyl groups is 1. The number of unbranched alkanes of at least 4 members (excludes halogenated alkanes) is 1. The number of ether oxygens (including phenoxy) is 11. The number of carbonyl (C=O) groups is 8. The van der Waals surface area contributed by atoms with Gasteiger partial charge in [-0.1, -0.05) is 20.8 Å². The van der Waals surface area contributed by atoms with Gasteiger partial charge >= 0.3 is 5.97 Å². The molecule has 7 amide bonds. The second-order valence-electron chi connectivity index (χ2n) is 21.8. The van der Waals surface area contributed by atoms with Crippen molar-refractivity contribution in [1.29, 1.82) is 0 Å². The number of benzene rings is 1. The molecule has 4 aliphatic rings. The summed E-state index contributed by atoms with van der Waals surface area (Å²) in [5, 5.41) is 25.7. The van der Waals surface area contributed by atoms with Gasteiger partial charge in [0.15, 0.2) is 17.1 Å². The average molecular weight is 1280 g/mol. The molecule has 500 valence electrons. The molecule has 0 saturated heterocycles. The van der Waals surface area contributed by atoms with Crippen molar-refractivity contribution in [3.63, 3.8) is 0 Å². The number of pyridine rings is 2. The predicted octanol–water partition coefficient (Wildman–Crippen LogP) is -0.751. The number of hydrogen-bond donors (Lipinski definition) is 7. The van der Waals surface area contributed by atoms with Crippen LogP contribution in [0, 0.1) is 5.92 Å². The Morgan fingerprint density at radius 3 is 1.84 bits per heavy atom. The molecule has 2 aromatic heterocycles. The lowest BCUT2D eigenvalue weighted by Crippen LogP contribution is -2.56. The number of cyclic esters (lactones) is 1. The van der Waals surface area contributed by atoms with E-state index in [4.69, 9.17) is 62.8 Å². The molecule has 0 fully saturated rings. The molecule has 7 rings (SSSR count). The van der Waals surface area contributed by atoms with Gasteiger partial charge in [-0.25, -0.2) is 9.78 Å². The van der Waals surface area contributed by atoms with Crippen LogP contribution in [0.1, 0.15) is 81.5 Å². The maximum atomic E-state index is 14.0. The molecule has 1 aromatic carbocycles. The molecule has 3 atom stereocenters. The van der Waals surface area contributed by atoms with E-state index in [1.165, 1.54) is 16.7 Å². The van der Waals surface area contributed by atoms with Gasteiger partial charge in [-0.15, -0.1) is 0 Å². The number of amides is 7. The van der Waals surface area contributed by atoms with Gasteiger partial charge in [-0.3, -0.25) is 43.3 Å². The largest absolute Gasteiger partial charge is 0.458 e. The zero-order chi connectivity index (χ0) is 65.1. The maximum Gasteiger partial charge on any atom is 0.343 e. The second-order valence-corrected chi connectivity index (χ2v) is 21.8. The number of fused-ring (bicyclic) bond motifs is 6. The van der Waals surface area contributed by atoms with Gasteiger partial charge in [-0.05, 0) is 55.8 Å². The summed E-state index contributed by atoms with van der Waals surface area (Å²) in [5.74, 6) is -3.61. The Kier molecular flexibility index (Phi) is 28.5. The topological polar surface area (TPSA) is 383 Å². The Labute approximate surface area is 526 Å². The zero-order valence-corrected chi connectivity index (χ0v) is 51.9. The van der Waals surface area contributed by atoms with Crippen molar-refractivity contribution in [3.05, 3.63) is 63.0 Å². The first-order valence-corrected chi connectivity index (χ1v) is 30.7. The Bertz CT molecular complexity index is 3090.